The highest BCUT2D eigenvalue weighted by atomic mass is 32.2. The summed E-state index contributed by atoms with van der Waals surface area (Å²) in [4.78, 5) is 10.5. The van der Waals surface area contributed by atoms with Gasteiger partial charge in [-0.25, -0.2) is 13.6 Å². The highest BCUT2D eigenvalue weighted by molar-refractivity contribution is 7.97. The molecule has 0 bridgehead atoms. The Morgan fingerprint density at radius 3 is 2.75 bits per heavy atom. The minimum absolute atomic E-state index is 0.164. The maximum absolute atomic E-state index is 12.5. The minimum Gasteiger partial charge on any atom is -0.475 e. The molecule has 0 spiro atoms. The molecule has 0 aliphatic heterocycles. The number of furan rings is 1. The fourth-order valence-electron chi connectivity index (χ4n) is 1.38. The summed E-state index contributed by atoms with van der Waals surface area (Å²) < 4.78 is 32.7. The van der Waals surface area contributed by atoms with Crippen LogP contribution >= 0.6 is 11.9 Å². The number of nitrogens with one attached hydrogen (secondary N) is 1. The molecule has 1 aromatic rings. The van der Waals surface area contributed by atoms with Crippen LogP contribution in [0.25, 0.3) is 0 Å². The molecule has 1 saturated carbocycles. The molecule has 1 aromatic heterocycles. The summed E-state index contributed by atoms with van der Waals surface area (Å²) >= 11 is 1.03. The highest BCUT2D eigenvalue weighted by Crippen LogP contribution is 2.38. The summed E-state index contributed by atoms with van der Waals surface area (Å²) in [5.41, 5.74) is 0. The Morgan fingerprint density at radius 1 is 1.56 bits per heavy atom. The van der Waals surface area contributed by atoms with E-state index in [1.807, 2.05) is 0 Å². The average molecular weight is 249 g/mol. The van der Waals surface area contributed by atoms with Crippen LogP contribution in [-0.2, 0) is 0 Å². The lowest BCUT2D eigenvalue weighted by Crippen LogP contribution is -2.46. The third kappa shape index (κ3) is 2.53. The van der Waals surface area contributed by atoms with Gasteiger partial charge in [0.2, 0.25) is 5.76 Å². The Morgan fingerprint density at radius 2 is 2.25 bits per heavy atom. The van der Waals surface area contributed by atoms with Crippen LogP contribution in [0.3, 0.4) is 0 Å². The maximum Gasteiger partial charge on any atom is 0.371 e. The van der Waals surface area contributed by atoms with Crippen molar-refractivity contribution in [1.29, 1.82) is 0 Å². The number of carboxylic acid groups (broad SMARTS) is 1. The molecule has 0 saturated heterocycles. The number of halogens is 2. The lowest BCUT2D eigenvalue weighted by molar-refractivity contribution is -0.0872. The zero-order valence-electron chi connectivity index (χ0n) is 8.07. The fourth-order valence-corrected chi connectivity index (χ4v) is 2.09. The van der Waals surface area contributed by atoms with Gasteiger partial charge >= 0.3 is 5.97 Å². The van der Waals surface area contributed by atoms with Crippen molar-refractivity contribution in [2.75, 3.05) is 0 Å². The number of carboxylic acids is 1. The Kier molecular flexibility index (Phi) is 2.90. The second-order valence-electron chi connectivity index (χ2n) is 3.60. The van der Waals surface area contributed by atoms with Crippen molar-refractivity contribution >= 4 is 17.9 Å². The van der Waals surface area contributed by atoms with Crippen molar-refractivity contribution in [3.8, 4) is 0 Å². The van der Waals surface area contributed by atoms with Crippen LogP contribution in [-0.4, -0.2) is 23.0 Å². The van der Waals surface area contributed by atoms with Gasteiger partial charge in [0.05, 0.1) is 0 Å². The third-order valence-electron chi connectivity index (χ3n) is 2.21. The van der Waals surface area contributed by atoms with Gasteiger partial charge in [0, 0.05) is 18.9 Å². The van der Waals surface area contributed by atoms with E-state index in [1.54, 1.807) is 0 Å². The second-order valence-corrected chi connectivity index (χ2v) is 4.45. The molecule has 0 radical (unpaired) electrons. The van der Waals surface area contributed by atoms with Gasteiger partial charge in [-0.05, 0) is 24.1 Å². The number of aromatic carboxylic acids is 1. The van der Waals surface area contributed by atoms with Gasteiger partial charge in [-0.15, -0.1) is 0 Å². The van der Waals surface area contributed by atoms with Gasteiger partial charge < -0.3 is 9.52 Å². The Bertz CT molecular complexity index is 399. The van der Waals surface area contributed by atoms with Crippen LogP contribution in [0.5, 0.6) is 0 Å². The van der Waals surface area contributed by atoms with E-state index < -0.39 is 11.9 Å². The quantitative estimate of drug-likeness (QED) is 0.802. The normalized spacial score (nSPS) is 19.4. The molecule has 2 rings (SSSR count). The molecular formula is C9H9F2NO3S. The SMILES string of the molecule is O=C(O)c1ccc(SNC2CC(F)(F)C2)o1. The topological polar surface area (TPSA) is 62.5 Å². The molecule has 88 valence electrons. The molecular weight excluding hydrogens is 240 g/mol. The summed E-state index contributed by atoms with van der Waals surface area (Å²) in [6, 6.07) is 2.55. The van der Waals surface area contributed by atoms with Gasteiger partial charge in [-0.2, -0.15) is 0 Å². The number of carbonyl (C=O) groups is 1. The van der Waals surface area contributed by atoms with E-state index in [4.69, 9.17) is 9.52 Å². The molecule has 0 atom stereocenters. The van der Waals surface area contributed by atoms with Crippen molar-refractivity contribution in [3.05, 3.63) is 17.9 Å². The minimum atomic E-state index is -2.56. The van der Waals surface area contributed by atoms with Gasteiger partial charge in [-0.3, -0.25) is 4.72 Å². The molecule has 0 aromatic carbocycles. The van der Waals surface area contributed by atoms with E-state index in [9.17, 15) is 13.6 Å². The van der Waals surface area contributed by atoms with E-state index in [2.05, 4.69) is 4.72 Å². The largest absolute Gasteiger partial charge is 0.475 e. The van der Waals surface area contributed by atoms with Crippen LogP contribution in [0.2, 0.25) is 0 Å². The first-order chi connectivity index (χ1) is 7.46. The monoisotopic (exact) mass is 249 g/mol. The van der Waals surface area contributed by atoms with Crippen molar-refractivity contribution in [2.45, 2.75) is 29.9 Å². The van der Waals surface area contributed by atoms with Crippen LogP contribution in [0, 0.1) is 0 Å². The predicted octanol–water partition coefficient (Wildman–Crippen LogP) is 2.37. The molecule has 7 heteroatoms. The molecule has 16 heavy (non-hydrogen) atoms. The summed E-state index contributed by atoms with van der Waals surface area (Å²) in [7, 11) is 0. The first-order valence-corrected chi connectivity index (χ1v) is 5.41. The summed E-state index contributed by atoms with van der Waals surface area (Å²) in [5, 5.41) is 8.93. The lowest BCUT2D eigenvalue weighted by atomic mass is 9.89. The number of alkyl halides is 2. The number of hydrogen-bond acceptors (Lipinski definition) is 4. The lowest BCUT2D eigenvalue weighted by Gasteiger charge is -2.34. The Hall–Kier alpha value is -1.08. The van der Waals surface area contributed by atoms with Crippen LogP contribution in [0.1, 0.15) is 23.4 Å². The molecule has 0 amide bonds. The van der Waals surface area contributed by atoms with Crippen LogP contribution in [0.15, 0.2) is 21.6 Å². The second kappa shape index (κ2) is 4.06. The average Bonchev–Trinajstić information content (AvgIpc) is 2.59. The number of hydrogen-bond donors (Lipinski definition) is 2. The zero-order valence-corrected chi connectivity index (χ0v) is 8.89. The van der Waals surface area contributed by atoms with Crippen LogP contribution in [0.4, 0.5) is 8.78 Å². The fraction of sp³-hybridized carbons (Fsp3) is 0.444. The van der Waals surface area contributed by atoms with Crippen molar-refractivity contribution in [1.82, 2.24) is 4.72 Å². The smallest absolute Gasteiger partial charge is 0.371 e. The van der Waals surface area contributed by atoms with E-state index >= 15 is 0 Å². The van der Waals surface area contributed by atoms with Gasteiger partial charge in [0.25, 0.3) is 5.92 Å². The first-order valence-electron chi connectivity index (χ1n) is 4.60. The maximum atomic E-state index is 12.5. The molecule has 1 heterocycles. The predicted molar refractivity (Wildman–Crippen MR) is 52.6 cm³/mol. The van der Waals surface area contributed by atoms with Crippen LogP contribution < -0.4 is 4.72 Å². The molecule has 1 aliphatic carbocycles. The van der Waals surface area contributed by atoms with Crippen molar-refractivity contribution < 1.29 is 23.1 Å². The molecule has 0 unspecified atom stereocenters. The van der Waals surface area contributed by atoms with E-state index in [0.717, 1.165) is 11.9 Å². The Labute approximate surface area is 94.1 Å². The summed E-state index contributed by atoms with van der Waals surface area (Å²) in [5.74, 6) is -3.88. The Balaban J connectivity index is 1.80. The highest BCUT2D eigenvalue weighted by Gasteiger charge is 2.45. The number of rotatable bonds is 4. The summed E-state index contributed by atoms with van der Waals surface area (Å²) in [6.07, 6.45) is -0.376. The standard InChI is InChI=1S/C9H9F2NO3S/c10-9(11)3-5(4-9)12-16-7-2-1-6(15-7)8(13)14/h1-2,5,12H,3-4H2,(H,13,14). The molecule has 1 fully saturated rings. The van der Waals surface area contributed by atoms with Crippen molar-refractivity contribution in [2.24, 2.45) is 0 Å². The van der Waals surface area contributed by atoms with Gasteiger partial charge in [0.15, 0.2) is 5.09 Å². The molecule has 1 aliphatic rings. The van der Waals surface area contributed by atoms with Gasteiger partial charge in [-0.1, -0.05) is 0 Å². The molecule has 4 nitrogen and oxygen atoms in total. The van der Waals surface area contributed by atoms with E-state index in [1.165, 1.54) is 12.1 Å². The van der Waals surface area contributed by atoms with E-state index in [0.29, 0.717) is 5.09 Å². The van der Waals surface area contributed by atoms with E-state index in [-0.39, 0.29) is 24.6 Å². The zero-order chi connectivity index (χ0) is 11.8. The summed E-state index contributed by atoms with van der Waals surface area (Å²) in [6.45, 7) is 0. The first kappa shape index (κ1) is 11.4. The van der Waals surface area contributed by atoms with Crippen molar-refractivity contribution in [3.63, 3.8) is 0 Å². The van der Waals surface area contributed by atoms with Gasteiger partial charge in [0.1, 0.15) is 0 Å². The third-order valence-corrected chi connectivity index (χ3v) is 3.08. The molecule has 2 N–H and O–H groups in total.